The third-order valence-electron chi connectivity index (χ3n) is 1.33. The predicted molar refractivity (Wildman–Crippen MR) is 46.8 cm³/mol. The molecule has 1 aromatic rings. The van der Waals surface area contributed by atoms with Gasteiger partial charge in [-0.3, -0.25) is 0 Å². The first-order chi connectivity index (χ1) is 5.84. The van der Waals surface area contributed by atoms with Gasteiger partial charge in [0.1, 0.15) is 5.56 Å². The van der Waals surface area contributed by atoms with Gasteiger partial charge in [-0.15, -0.1) is 0 Å². The van der Waals surface area contributed by atoms with Crippen LogP contribution in [-0.4, -0.2) is 0 Å². The number of hydrogen-bond acceptors (Lipinski definition) is 0. The average molecular weight is 322 g/mol. The molecular formula is C7H2Br2F4. The van der Waals surface area contributed by atoms with Crippen LogP contribution in [0.2, 0.25) is 0 Å². The molecule has 13 heavy (non-hydrogen) atoms. The molecule has 0 N–H and O–H groups in total. The van der Waals surface area contributed by atoms with E-state index in [9.17, 15) is 17.6 Å². The monoisotopic (exact) mass is 320 g/mol. The van der Waals surface area contributed by atoms with Crippen LogP contribution in [0.15, 0.2) is 21.1 Å². The molecule has 1 rings (SSSR count). The Hall–Kier alpha value is -0.100. The zero-order valence-corrected chi connectivity index (χ0v) is 9.09. The fourth-order valence-corrected chi connectivity index (χ4v) is 1.65. The van der Waals surface area contributed by atoms with Gasteiger partial charge in [-0.1, -0.05) is 15.9 Å². The average Bonchev–Trinajstić information content (AvgIpc) is 1.95. The van der Waals surface area contributed by atoms with Gasteiger partial charge in [0.05, 0.1) is 4.47 Å². The SMILES string of the molecule is Fc1c(Br)ccc(Br)c1C(F)(F)F. The van der Waals surface area contributed by atoms with E-state index in [1.807, 2.05) is 0 Å². The summed E-state index contributed by atoms with van der Waals surface area (Å²) in [4.78, 5) is 0. The molecule has 0 unspecified atom stereocenters. The van der Waals surface area contributed by atoms with Crippen LogP contribution >= 0.6 is 31.9 Å². The van der Waals surface area contributed by atoms with Gasteiger partial charge in [-0.2, -0.15) is 13.2 Å². The van der Waals surface area contributed by atoms with Gasteiger partial charge in [0.25, 0.3) is 0 Å². The first-order valence-electron chi connectivity index (χ1n) is 3.04. The zero-order valence-electron chi connectivity index (χ0n) is 5.92. The molecule has 1 aromatic carbocycles. The van der Waals surface area contributed by atoms with Crippen molar-refractivity contribution >= 4 is 31.9 Å². The third kappa shape index (κ3) is 2.22. The van der Waals surface area contributed by atoms with Crippen molar-refractivity contribution in [2.45, 2.75) is 6.18 Å². The first-order valence-corrected chi connectivity index (χ1v) is 4.63. The Bertz CT molecular complexity index is 332. The Morgan fingerprint density at radius 1 is 1.00 bits per heavy atom. The molecule has 6 heteroatoms. The Balaban J connectivity index is 3.43. The lowest BCUT2D eigenvalue weighted by molar-refractivity contribution is -0.140. The second-order valence-corrected chi connectivity index (χ2v) is 3.92. The summed E-state index contributed by atoms with van der Waals surface area (Å²) in [6, 6.07) is 2.34. The van der Waals surface area contributed by atoms with Gasteiger partial charge < -0.3 is 0 Å². The molecule has 0 amide bonds. The fraction of sp³-hybridized carbons (Fsp3) is 0.143. The van der Waals surface area contributed by atoms with E-state index in [1.54, 1.807) is 0 Å². The highest BCUT2D eigenvalue weighted by molar-refractivity contribution is 9.11. The molecule has 0 bridgehead atoms. The molecule has 0 aliphatic carbocycles. The zero-order chi connectivity index (χ0) is 10.2. The standard InChI is InChI=1S/C7H2Br2F4/c8-3-1-2-4(9)6(10)5(3)7(11,12)13/h1-2H. The molecule has 72 valence electrons. The second-order valence-electron chi connectivity index (χ2n) is 2.22. The minimum Gasteiger partial charge on any atom is -0.205 e. The number of benzene rings is 1. The highest BCUT2D eigenvalue weighted by Gasteiger charge is 2.37. The minimum absolute atomic E-state index is 0.206. The maximum absolute atomic E-state index is 13.0. The van der Waals surface area contributed by atoms with Gasteiger partial charge in [0.15, 0.2) is 5.82 Å². The van der Waals surface area contributed by atoms with Crippen LogP contribution in [0.3, 0.4) is 0 Å². The summed E-state index contributed by atoms with van der Waals surface area (Å²) >= 11 is 5.31. The third-order valence-corrected chi connectivity index (χ3v) is 2.60. The summed E-state index contributed by atoms with van der Waals surface area (Å²) in [6.45, 7) is 0. The van der Waals surface area contributed by atoms with Crippen molar-refractivity contribution in [1.82, 2.24) is 0 Å². The number of alkyl halides is 3. The molecule has 0 saturated carbocycles. The van der Waals surface area contributed by atoms with Crippen LogP contribution in [-0.2, 0) is 6.18 Å². The molecule has 0 aliphatic rings. The molecule has 0 atom stereocenters. The summed E-state index contributed by atoms with van der Waals surface area (Å²) in [5.41, 5.74) is -1.29. The van der Waals surface area contributed by atoms with E-state index in [2.05, 4.69) is 31.9 Å². The normalized spacial score (nSPS) is 11.8. The van der Waals surface area contributed by atoms with Crippen LogP contribution in [0, 0.1) is 5.82 Å². The van der Waals surface area contributed by atoms with Gasteiger partial charge in [0, 0.05) is 4.47 Å². The Labute approximate surface area is 88.2 Å². The Morgan fingerprint density at radius 2 is 1.46 bits per heavy atom. The maximum Gasteiger partial charge on any atom is 0.420 e. The Kier molecular flexibility index (Phi) is 3.01. The molecule has 0 aromatic heterocycles. The van der Waals surface area contributed by atoms with Crippen molar-refractivity contribution in [3.63, 3.8) is 0 Å². The largest absolute Gasteiger partial charge is 0.420 e. The van der Waals surface area contributed by atoms with E-state index in [-0.39, 0.29) is 8.95 Å². The van der Waals surface area contributed by atoms with E-state index in [0.29, 0.717) is 0 Å². The summed E-state index contributed by atoms with van der Waals surface area (Å²) in [5.74, 6) is -1.30. The first kappa shape index (κ1) is 11.0. The minimum atomic E-state index is -4.69. The summed E-state index contributed by atoms with van der Waals surface area (Å²) in [6.07, 6.45) is -4.69. The van der Waals surface area contributed by atoms with Crippen LogP contribution < -0.4 is 0 Å². The maximum atomic E-state index is 13.0. The molecule has 0 saturated heterocycles. The predicted octanol–water partition coefficient (Wildman–Crippen LogP) is 4.37. The highest BCUT2D eigenvalue weighted by Crippen LogP contribution is 2.38. The van der Waals surface area contributed by atoms with Crippen LogP contribution in [0.25, 0.3) is 0 Å². The number of rotatable bonds is 0. The summed E-state index contributed by atoms with van der Waals surface area (Å²) < 4.78 is 49.0. The van der Waals surface area contributed by atoms with E-state index in [0.717, 1.165) is 6.07 Å². The molecule has 0 fully saturated rings. The lowest BCUT2D eigenvalue weighted by Crippen LogP contribution is -2.09. The fourth-order valence-electron chi connectivity index (χ4n) is 0.787. The van der Waals surface area contributed by atoms with Crippen molar-refractivity contribution in [2.75, 3.05) is 0 Å². The highest BCUT2D eigenvalue weighted by atomic mass is 79.9. The van der Waals surface area contributed by atoms with E-state index in [1.165, 1.54) is 6.07 Å². The van der Waals surface area contributed by atoms with Crippen LogP contribution in [0.1, 0.15) is 5.56 Å². The molecular weight excluding hydrogens is 320 g/mol. The van der Waals surface area contributed by atoms with E-state index < -0.39 is 17.6 Å². The molecule has 0 nitrogen and oxygen atoms in total. The molecule has 0 aliphatic heterocycles. The number of halogens is 6. The van der Waals surface area contributed by atoms with Gasteiger partial charge in [-0.05, 0) is 28.1 Å². The lowest BCUT2D eigenvalue weighted by Gasteiger charge is -2.10. The lowest BCUT2D eigenvalue weighted by atomic mass is 10.2. The van der Waals surface area contributed by atoms with E-state index in [4.69, 9.17) is 0 Å². The van der Waals surface area contributed by atoms with Gasteiger partial charge in [0.2, 0.25) is 0 Å². The van der Waals surface area contributed by atoms with Crippen LogP contribution in [0.5, 0.6) is 0 Å². The van der Waals surface area contributed by atoms with Crippen LogP contribution in [0.4, 0.5) is 17.6 Å². The van der Waals surface area contributed by atoms with Crippen molar-refractivity contribution < 1.29 is 17.6 Å². The van der Waals surface area contributed by atoms with Crippen molar-refractivity contribution in [3.05, 3.63) is 32.5 Å². The summed E-state index contributed by atoms with van der Waals surface area (Å²) in [5, 5.41) is 0. The Morgan fingerprint density at radius 3 is 1.85 bits per heavy atom. The quantitative estimate of drug-likeness (QED) is 0.491. The topological polar surface area (TPSA) is 0 Å². The van der Waals surface area contributed by atoms with Crippen molar-refractivity contribution in [3.8, 4) is 0 Å². The molecule has 0 heterocycles. The number of hydrogen-bond donors (Lipinski definition) is 0. The molecule has 0 radical (unpaired) electrons. The van der Waals surface area contributed by atoms with Gasteiger partial charge >= 0.3 is 6.18 Å². The second kappa shape index (κ2) is 3.57. The van der Waals surface area contributed by atoms with Gasteiger partial charge in [-0.25, -0.2) is 4.39 Å². The summed E-state index contributed by atoms with van der Waals surface area (Å²) in [7, 11) is 0. The molecule has 0 spiro atoms. The smallest absolute Gasteiger partial charge is 0.205 e. The van der Waals surface area contributed by atoms with E-state index >= 15 is 0 Å². The van der Waals surface area contributed by atoms with Crippen molar-refractivity contribution in [2.24, 2.45) is 0 Å². The van der Waals surface area contributed by atoms with Crippen molar-refractivity contribution in [1.29, 1.82) is 0 Å².